The molecule has 1 aliphatic heterocycles. The summed E-state index contributed by atoms with van der Waals surface area (Å²) in [6, 6.07) is 6.64. The molecule has 2 aliphatic rings. The van der Waals surface area contributed by atoms with E-state index in [0.29, 0.717) is 5.95 Å². The van der Waals surface area contributed by atoms with Gasteiger partial charge in [0.05, 0.1) is 0 Å². The average Bonchev–Trinajstić information content (AvgIpc) is 3.15. The Balaban J connectivity index is 1.58. The fourth-order valence-corrected chi connectivity index (χ4v) is 5.66. The Hall–Kier alpha value is -2.51. The topological polar surface area (TPSA) is 66.3 Å². The summed E-state index contributed by atoms with van der Waals surface area (Å²) in [4.78, 5) is 28.5. The van der Waals surface area contributed by atoms with Crippen molar-refractivity contribution in [1.29, 1.82) is 0 Å². The molecule has 0 atom stereocenters. The first kappa shape index (κ1) is 24.2. The van der Waals surface area contributed by atoms with Crippen molar-refractivity contribution < 1.29 is 0 Å². The highest BCUT2D eigenvalue weighted by Gasteiger charge is 2.22. The summed E-state index contributed by atoms with van der Waals surface area (Å²) in [6.45, 7) is 8.24. The van der Waals surface area contributed by atoms with E-state index in [0.717, 1.165) is 86.8 Å². The summed E-state index contributed by atoms with van der Waals surface area (Å²) in [6.07, 6.45) is 11.1. The monoisotopic (exact) mass is 476 g/mol. The molecule has 5 rings (SSSR count). The first-order valence-corrected chi connectivity index (χ1v) is 13.6. The molecule has 1 saturated carbocycles. The maximum atomic E-state index is 14.1. The van der Waals surface area contributed by atoms with Crippen LogP contribution in [0.4, 0.5) is 5.95 Å². The Morgan fingerprint density at radius 3 is 2.51 bits per heavy atom. The van der Waals surface area contributed by atoms with E-state index < -0.39 is 0 Å². The van der Waals surface area contributed by atoms with Gasteiger partial charge in [-0.1, -0.05) is 51.2 Å². The Morgan fingerprint density at radius 2 is 1.77 bits per heavy atom. The van der Waals surface area contributed by atoms with Crippen LogP contribution in [-0.4, -0.2) is 64.1 Å². The quantitative estimate of drug-likeness (QED) is 0.300. The molecule has 0 radical (unpaired) electrons. The number of benzene rings is 1. The molecule has 2 aromatic heterocycles. The molecule has 3 aromatic rings. The zero-order chi connectivity index (χ0) is 24.2. The van der Waals surface area contributed by atoms with E-state index in [2.05, 4.69) is 52.3 Å². The molecular weight excluding hydrogens is 436 g/mol. The lowest BCUT2D eigenvalue weighted by Gasteiger charge is -2.32. The maximum Gasteiger partial charge on any atom is 0.260 e. The van der Waals surface area contributed by atoms with Gasteiger partial charge in [-0.3, -0.25) is 14.3 Å². The first-order chi connectivity index (χ1) is 17.1. The molecule has 7 heteroatoms. The van der Waals surface area contributed by atoms with Gasteiger partial charge in [-0.25, -0.2) is 4.98 Å². The van der Waals surface area contributed by atoms with Crippen LogP contribution < -0.4 is 10.9 Å². The van der Waals surface area contributed by atoms with Gasteiger partial charge < -0.3 is 10.2 Å². The number of fused-ring (bicyclic) bond motifs is 3. The molecule has 188 valence electrons. The third-order valence-corrected chi connectivity index (χ3v) is 7.83. The SMILES string of the molecule is CCCCNc1ncc2c3ccc(CN4CCN(C)CC4)cc3c(=O)n(C3CCCCCC3)c2n1. The van der Waals surface area contributed by atoms with Crippen LogP contribution in [0.15, 0.2) is 29.2 Å². The molecule has 0 spiro atoms. The van der Waals surface area contributed by atoms with Crippen molar-refractivity contribution in [3.05, 3.63) is 40.3 Å². The molecule has 1 aliphatic carbocycles. The molecule has 1 saturated heterocycles. The summed E-state index contributed by atoms with van der Waals surface area (Å²) < 4.78 is 2.02. The lowest BCUT2D eigenvalue weighted by Crippen LogP contribution is -2.43. The number of hydrogen-bond acceptors (Lipinski definition) is 6. The summed E-state index contributed by atoms with van der Waals surface area (Å²) in [5, 5.41) is 6.12. The minimum absolute atomic E-state index is 0.109. The molecule has 35 heavy (non-hydrogen) atoms. The minimum atomic E-state index is 0.109. The number of likely N-dealkylation sites (N-methyl/N-ethyl adjacent to an activating group) is 1. The van der Waals surface area contributed by atoms with E-state index in [9.17, 15) is 4.79 Å². The number of nitrogens with one attached hydrogen (secondary N) is 1. The Bertz CT molecular complexity index is 1210. The third-order valence-electron chi connectivity index (χ3n) is 7.83. The predicted octanol–water partition coefficient (Wildman–Crippen LogP) is 4.80. The lowest BCUT2D eigenvalue weighted by atomic mass is 10.0. The van der Waals surface area contributed by atoms with Gasteiger partial charge in [0.15, 0.2) is 0 Å². The van der Waals surface area contributed by atoms with E-state index >= 15 is 0 Å². The normalized spacial score (nSPS) is 18.8. The summed E-state index contributed by atoms with van der Waals surface area (Å²) in [5.74, 6) is 0.624. The van der Waals surface area contributed by atoms with Crippen molar-refractivity contribution in [3.63, 3.8) is 0 Å². The zero-order valence-electron chi connectivity index (χ0n) is 21.4. The molecular formula is C28H40N6O. The lowest BCUT2D eigenvalue weighted by molar-refractivity contribution is 0.148. The zero-order valence-corrected chi connectivity index (χ0v) is 21.4. The number of hydrogen-bond donors (Lipinski definition) is 1. The standard InChI is InChI=1S/C28H40N6O/c1-3-4-13-29-28-30-19-25-23-12-11-21(20-33-16-14-32(2)15-17-33)18-24(23)27(35)34(26(25)31-28)22-9-7-5-6-8-10-22/h11-12,18-19,22H,3-10,13-17,20H2,1-2H3,(H,29,30,31). The Labute approximate surface area is 208 Å². The van der Waals surface area contributed by atoms with Gasteiger partial charge in [-0.2, -0.15) is 4.98 Å². The van der Waals surface area contributed by atoms with Gasteiger partial charge in [-0.15, -0.1) is 0 Å². The summed E-state index contributed by atoms with van der Waals surface area (Å²) >= 11 is 0. The second-order valence-corrected chi connectivity index (χ2v) is 10.5. The molecule has 0 bridgehead atoms. The molecule has 1 N–H and O–H groups in total. The van der Waals surface area contributed by atoms with Gasteiger partial charge in [0.25, 0.3) is 5.56 Å². The van der Waals surface area contributed by atoms with Crippen LogP contribution in [0.5, 0.6) is 0 Å². The van der Waals surface area contributed by atoms with Crippen LogP contribution in [0.3, 0.4) is 0 Å². The highest BCUT2D eigenvalue weighted by molar-refractivity contribution is 6.04. The molecule has 1 aromatic carbocycles. The largest absolute Gasteiger partial charge is 0.354 e. The van der Waals surface area contributed by atoms with Crippen molar-refractivity contribution in [3.8, 4) is 0 Å². The fraction of sp³-hybridized carbons (Fsp3) is 0.607. The summed E-state index contributed by atoms with van der Waals surface area (Å²) in [5.41, 5.74) is 2.11. The van der Waals surface area contributed by atoms with Gasteiger partial charge in [0.1, 0.15) is 5.65 Å². The van der Waals surface area contributed by atoms with Crippen LogP contribution in [-0.2, 0) is 6.54 Å². The maximum absolute atomic E-state index is 14.1. The third kappa shape index (κ3) is 5.36. The van der Waals surface area contributed by atoms with E-state index in [1.54, 1.807) is 0 Å². The van der Waals surface area contributed by atoms with Crippen molar-refractivity contribution in [2.24, 2.45) is 0 Å². The number of aromatic nitrogens is 3. The van der Waals surface area contributed by atoms with Crippen molar-refractivity contribution >= 4 is 27.8 Å². The second kappa shape index (κ2) is 11.0. The van der Waals surface area contributed by atoms with E-state index in [4.69, 9.17) is 4.98 Å². The predicted molar refractivity (Wildman–Crippen MR) is 144 cm³/mol. The minimum Gasteiger partial charge on any atom is -0.354 e. The van der Waals surface area contributed by atoms with Crippen LogP contribution in [0.2, 0.25) is 0 Å². The summed E-state index contributed by atoms with van der Waals surface area (Å²) in [7, 11) is 2.18. The molecule has 0 amide bonds. The Kier molecular flexibility index (Phi) is 7.63. The fourth-order valence-electron chi connectivity index (χ4n) is 5.66. The molecule has 7 nitrogen and oxygen atoms in total. The highest BCUT2D eigenvalue weighted by Crippen LogP contribution is 2.31. The number of unbranched alkanes of at least 4 members (excludes halogenated alkanes) is 1. The van der Waals surface area contributed by atoms with E-state index in [-0.39, 0.29) is 11.6 Å². The van der Waals surface area contributed by atoms with Gasteiger partial charge in [-0.05, 0) is 43.3 Å². The molecule has 2 fully saturated rings. The van der Waals surface area contributed by atoms with Gasteiger partial charge in [0.2, 0.25) is 5.95 Å². The van der Waals surface area contributed by atoms with Crippen molar-refractivity contribution in [2.75, 3.05) is 45.1 Å². The highest BCUT2D eigenvalue weighted by atomic mass is 16.1. The average molecular weight is 477 g/mol. The molecule has 3 heterocycles. The van der Waals surface area contributed by atoms with Crippen molar-refractivity contribution in [1.82, 2.24) is 24.3 Å². The Morgan fingerprint density at radius 1 is 1.00 bits per heavy atom. The van der Waals surface area contributed by atoms with Crippen LogP contribution >= 0.6 is 0 Å². The molecule has 0 unspecified atom stereocenters. The van der Waals surface area contributed by atoms with Crippen LogP contribution in [0.1, 0.15) is 69.9 Å². The number of nitrogens with zero attached hydrogens (tertiary/aromatic N) is 5. The van der Waals surface area contributed by atoms with Crippen LogP contribution in [0, 0.1) is 0 Å². The smallest absolute Gasteiger partial charge is 0.260 e. The number of piperazine rings is 1. The van der Waals surface area contributed by atoms with Crippen molar-refractivity contribution in [2.45, 2.75) is 70.9 Å². The van der Waals surface area contributed by atoms with Gasteiger partial charge >= 0.3 is 0 Å². The number of pyridine rings is 1. The number of anilines is 1. The second-order valence-electron chi connectivity index (χ2n) is 10.5. The number of rotatable bonds is 7. The van der Waals surface area contributed by atoms with Gasteiger partial charge in [0, 0.05) is 62.3 Å². The first-order valence-electron chi connectivity index (χ1n) is 13.6. The van der Waals surface area contributed by atoms with Crippen LogP contribution in [0.25, 0.3) is 21.8 Å². The van der Waals surface area contributed by atoms with E-state index in [1.807, 2.05) is 10.8 Å². The van der Waals surface area contributed by atoms with E-state index in [1.165, 1.54) is 31.2 Å².